The summed E-state index contributed by atoms with van der Waals surface area (Å²) in [5, 5.41) is 2.11. The summed E-state index contributed by atoms with van der Waals surface area (Å²) in [6, 6.07) is 4.24. The van der Waals surface area contributed by atoms with Gasteiger partial charge in [-0.25, -0.2) is 4.98 Å². The fourth-order valence-corrected chi connectivity index (χ4v) is 4.88. The molecule has 0 saturated carbocycles. The molecule has 1 aliphatic carbocycles. The van der Waals surface area contributed by atoms with Gasteiger partial charge in [0.25, 0.3) is 0 Å². The number of fused-ring (bicyclic) bond motifs is 3. The van der Waals surface area contributed by atoms with E-state index in [4.69, 9.17) is 10.7 Å². The van der Waals surface area contributed by atoms with E-state index in [9.17, 15) is 0 Å². The zero-order chi connectivity index (χ0) is 12.8. The first-order chi connectivity index (χ1) is 9.38. The normalized spacial score (nSPS) is 14.4. The summed E-state index contributed by atoms with van der Waals surface area (Å²) in [5.74, 6) is 0. The lowest BCUT2D eigenvalue weighted by Gasteiger charge is -2.03. The standard InChI is InChI=1S/C14H15N3S2/c15-7-6-10-13(12-5-2-8-18-12)16-14-17(10)9-3-1-4-11(9)19-14/h2,5,8H,1,3-4,6-7,15H2. The molecule has 0 saturated heterocycles. The molecule has 0 fully saturated rings. The summed E-state index contributed by atoms with van der Waals surface area (Å²) >= 11 is 3.62. The van der Waals surface area contributed by atoms with Crippen LogP contribution in [0.15, 0.2) is 17.5 Å². The molecule has 0 amide bonds. The smallest absolute Gasteiger partial charge is 0.194 e. The minimum absolute atomic E-state index is 0.677. The Kier molecular flexibility index (Phi) is 2.72. The fraction of sp³-hybridized carbons (Fsp3) is 0.357. The summed E-state index contributed by atoms with van der Waals surface area (Å²) in [6.07, 6.45) is 4.59. The lowest BCUT2D eigenvalue weighted by atomic mass is 10.2. The van der Waals surface area contributed by atoms with Crippen molar-refractivity contribution in [3.63, 3.8) is 0 Å². The number of aryl methyl sites for hydroxylation is 2. The molecule has 0 radical (unpaired) electrons. The molecule has 19 heavy (non-hydrogen) atoms. The Hall–Kier alpha value is -1.17. The van der Waals surface area contributed by atoms with Gasteiger partial charge in [-0.05, 0) is 37.3 Å². The quantitative estimate of drug-likeness (QED) is 0.805. The van der Waals surface area contributed by atoms with E-state index in [1.54, 1.807) is 11.3 Å². The van der Waals surface area contributed by atoms with Gasteiger partial charge >= 0.3 is 0 Å². The van der Waals surface area contributed by atoms with Gasteiger partial charge in [0.2, 0.25) is 0 Å². The molecule has 2 N–H and O–H groups in total. The van der Waals surface area contributed by atoms with Gasteiger partial charge in [-0.3, -0.25) is 4.40 Å². The highest BCUT2D eigenvalue weighted by Crippen LogP contribution is 2.36. The van der Waals surface area contributed by atoms with Crippen molar-refractivity contribution in [2.45, 2.75) is 25.7 Å². The Bertz CT molecular complexity index is 722. The van der Waals surface area contributed by atoms with Gasteiger partial charge in [0, 0.05) is 17.0 Å². The lowest BCUT2D eigenvalue weighted by molar-refractivity contribution is 0.853. The number of aromatic nitrogens is 2. The third-order valence-corrected chi connectivity index (χ3v) is 5.72. The molecule has 4 rings (SSSR count). The van der Waals surface area contributed by atoms with Crippen LogP contribution in [0.5, 0.6) is 0 Å². The minimum atomic E-state index is 0.677. The molecule has 98 valence electrons. The van der Waals surface area contributed by atoms with Crippen LogP contribution in [-0.4, -0.2) is 15.9 Å². The number of imidazole rings is 1. The third-order valence-electron chi connectivity index (χ3n) is 3.70. The van der Waals surface area contributed by atoms with Crippen molar-refractivity contribution in [2.24, 2.45) is 5.73 Å². The van der Waals surface area contributed by atoms with Crippen LogP contribution in [0.4, 0.5) is 0 Å². The summed E-state index contributed by atoms with van der Waals surface area (Å²) in [4.78, 5) is 8.81. The van der Waals surface area contributed by atoms with E-state index in [0.717, 1.165) is 17.1 Å². The van der Waals surface area contributed by atoms with Crippen LogP contribution in [-0.2, 0) is 19.3 Å². The molecule has 3 aromatic rings. The van der Waals surface area contributed by atoms with E-state index < -0.39 is 0 Å². The molecular formula is C14H15N3S2. The Morgan fingerprint density at radius 3 is 3.11 bits per heavy atom. The van der Waals surface area contributed by atoms with E-state index in [2.05, 4.69) is 21.9 Å². The van der Waals surface area contributed by atoms with E-state index in [0.29, 0.717) is 6.54 Å². The van der Waals surface area contributed by atoms with Gasteiger partial charge in [0.15, 0.2) is 4.96 Å². The number of rotatable bonds is 3. The number of nitrogens with zero attached hydrogens (tertiary/aromatic N) is 2. The molecule has 0 unspecified atom stereocenters. The molecule has 0 spiro atoms. The Balaban J connectivity index is 1.99. The number of hydrogen-bond acceptors (Lipinski definition) is 4. The third kappa shape index (κ3) is 1.69. The highest BCUT2D eigenvalue weighted by molar-refractivity contribution is 7.17. The van der Waals surface area contributed by atoms with Gasteiger partial charge in [-0.2, -0.15) is 0 Å². The van der Waals surface area contributed by atoms with Gasteiger partial charge in [0.1, 0.15) is 5.69 Å². The van der Waals surface area contributed by atoms with E-state index in [1.807, 2.05) is 11.3 Å². The van der Waals surface area contributed by atoms with Gasteiger partial charge < -0.3 is 5.73 Å². The average molecular weight is 289 g/mol. The second-order valence-electron chi connectivity index (χ2n) is 4.87. The van der Waals surface area contributed by atoms with E-state index in [-0.39, 0.29) is 0 Å². The maximum Gasteiger partial charge on any atom is 0.194 e. The lowest BCUT2D eigenvalue weighted by Crippen LogP contribution is -2.07. The highest BCUT2D eigenvalue weighted by Gasteiger charge is 2.23. The van der Waals surface area contributed by atoms with Crippen LogP contribution in [0.2, 0.25) is 0 Å². The van der Waals surface area contributed by atoms with E-state index in [1.165, 1.54) is 40.4 Å². The number of nitrogens with two attached hydrogens (primary N) is 1. The molecule has 1 aliphatic rings. The largest absolute Gasteiger partial charge is 0.330 e. The summed E-state index contributed by atoms with van der Waals surface area (Å²) < 4.78 is 2.38. The zero-order valence-corrected chi connectivity index (χ0v) is 12.2. The predicted molar refractivity (Wildman–Crippen MR) is 81.2 cm³/mol. The van der Waals surface area contributed by atoms with Crippen LogP contribution in [0, 0.1) is 0 Å². The van der Waals surface area contributed by atoms with E-state index >= 15 is 0 Å². The van der Waals surface area contributed by atoms with Crippen molar-refractivity contribution < 1.29 is 0 Å². The van der Waals surface area contributed by atoms with Gasteiger partial charge in [-0.1, -0.05) is 6.07 Å². The topological polar surface area (TPSA) is 43.3 Å². The van der Waals surface area contributed by atoms with Crippen molar-refractivity contribution in [1.29, 1.82) is 0 Å². The molecule has 5 heteroatoms. The number of thiophene rings is 1. The van der Waals surface area contributed by atoms with Crippen LogP contribution < -0.4 is 5.73 Å². The van der Waals surface area contributed by atoms with Crippen LogP contribution >= 0.6 is 22.7 Å². The number of thiazole rings is 1. The second kappa shape index (κ2) is 4.44. The second-order valence-corrected chi connectivity index (χ2v) is 6.88. The molecule has 3 heterocycles. The average Bonchev–Trinajstić information content (AvgIpc) is 3.09. The van der Waals surface area contributed by atoms with Crippen LogP contribution in [0.1, 0.15) is 22.7 Å². The molecule has 3 nitrogen and oxygen atoms in total. The Labute approximate surface area is 119 Å². The van der Waals surface area contributed by atoms with Crippen LogP contribution in [0.25, 0.3) is 15.5 Å². The first-order valence-corrected chi connectivity index (χ1v) is 8.34. The Morgan fingerprint density at radius 2 is 2.32 bits per heavy atom. The zero-order valence-electron chi connectivity index (χ0n) is 10.6. The number of hydrogen-bond donors (Lipinski definition) is 1. The van der Waals surface area contributed by atoms with Crippen molar-refractivity contribution in [3.05, 3.63) is 33.8 Å². The van der Waals surface area contributed by atoms with Crippen molar-refractivity contribution in [1.82, 2.24) is 9.38 Å². The van der Waals surface area contributed by atoms with Crippen molar-refractivity contribution in [2.75, 3.05) is 6.54 Å². The minimum Gasteiger partial charge on any atom is -0.330 e. The first kappa shape index (κ1) is 11.6. The highest BCUT2D eigenvalue weighted by atomic mass is 32.1. The fourth-order valence-electron chi connectivity index (χ4n) is 2.91. The molecule has 0 aromatic carbocycles. The summed E-state index contributed by atoms with van der Waals surface area (Å²) in [6.45, 7) is 0.677. The predicted octanol–water partition coefficient (Wildman–Crippen LogP) is 3.11. The maximum atomic E-state index is 5.81. The van der Waals surface area contributed by atoms with Crippen molar-refractivity contribution in [3.8, 4) is 10.6 Å². The molecule has 3 aromatic heterocycles. The van der Waals surface area contributed by atoms with Gasteiger partial charge in [0.05, 0.1) is 10.6 Å². The van der Waals surface area contributed by atoms with Crippen molar-refractivity contribution >= 4 is 27.6 Å². The van der Waals surface area contributed by atoms with Crippen LogP contribution in [0.3, 0.4) is 0 Å². The Morgan fingerprint density at radius 1 is 1.37 bits per heavy atom. The SMILES string of the molecule is NCCc1c(-c2cccs2)nc2sc3c(n12)CCC3. The van der Waals surface area contributed by atoms with Gasteiger partial charge in [-0.15, -0.1) is 22.7 Å². The summed E-state index contributed by atoms with van der Waals surface area (Å²) in [7, 11) is 0. The summed E-state index contributed by atoms with van der Waals surface area (Å²) in [5.41, 5.74) is 9.74. The molecular weight excluding hydrogens is 274 g/mol. The maximum absolute atomic E-state index is 5.81. The first-order valence-electron chi connectivity index (χ1n) is 6.64. The molecule has 0 aliphatic heterocycles. The molecule has 0 atom stereocenters. The molecule has 0 bridgehead atoms. The monoisotopic (exact) mass is 289 g/mol.